The van der Waals surface area contributed by atoms with Crippen molar-refractivity contribution in [3.8, 4) is 11.1 Å². The average molecular weight is 1120 g/mol. The van der Waals surface area contributed by atoms with E-state index in [9.17, 15) is 28.8 Å². The van der Waals surface area contributed by atoms with Crippen LogP contribution in [-0.4, -0.2) is 145 Å². The van der Waals surface area contributed by atoms with Crippen molar-refractivity contribution in [1.29, 1.82) is 0 Å². The van der Waals surface area contributed by atoms with Gasteiger partial charge >= 0.3 is 0 Å². The van der Waals surface area contributed by atoms with Crippen LogP contribution < -0.4 is 21.3 Å². The molecule has 4 aromatic rings. The second kappa shape index (κ2) is 28.3. The molecule has 0 aromatic heterocycles. The van der Waals surface area contributed by atoms with E-state index in [1.807, 2.05) is 119 Å². The van der Waals surface area contributed by atoms with Gasteiger partial charge in [-0.2, -0.15) is 0 Å². The van der Waals surface area contributed by atoms with Crippen molar-refractivity contribution >= 4 is 35.4 Å². The van der Waals surface area contributed by atoms with Crippen molar-refractivity contribution in [3.63, 3.8) is 0 Å². The molecule has 4 N–H and O–H groups in total. The molecule has 2 saturated heterocycles. The van der Waals surface area contributed by atoms with Crippen molar-refractivity contribution < 1.29 is 28.8 Å². The standard InChI is InChI=1S/C68H90N8O6/c1-69-59(53-31-32-53)63(77)71-61(51-21-11-5-12-22-51)67(81)75-41-15-25-57(75)45-73(43-39-47-17-7-3-8-18-47)65(79)55-35-27-49(28-36-55)50-29-37-56(38-30-50)66(80)74(44-40-48-19-9-4-10-20-48)46-58-26-16-42-76(58)68(82)62(52-23-13-6-14-24-52)72-64(78)60(70-2)54-33-34-54/h3-4,7-10,17-20,27-30,35-38,51-54,57-62,69-70H,5-6,11-16,21-26,31-34,39-46H2,1-2H3,(H,71,77)(H,72,78)/t57-,58+,59-,60-,61-,62-/m0/s1. The summed E-state index contributed by atoms with van der Waals surface area (Å²) in [7, 11) is 3.66. The summed E-state index contributed by atoms with van der Waals surface area (Å²) in [6, 6.07) is 33.7. The lowest BCUT2D eigenvalue weighted by Crippen LogP contribution is -2.58. The Morgan fingerprint density at radius 2 is 0.780 bits per heavy atom. The number of hydrogen-bond acceptors (Lipinski definition) is 8. The summed E-state index contributed by atoms with van der Waals surface area (Å²) >= 11 is 0. The van der Waals surface area contributed by atoms with Gasteiger partial charge in [-0.05, 0) is 174 Å². The predicted molar refractivity (Wildman–Crippen MR) is 322 cm³/mol. The minimum absolute atomic E-state index is 0.0128. The molecular weight excluding hydrogens is 1020 g/mol. The number of benzene rings is 4. The van der Waals surface area contributed by atoms with Crippen LogP contribution in [0.1, 0.15) is 147 Å². The number of carbonyl (C=O) groups is 6. The van der Waals surface area contributed by atoms with Crippen LogP contribution >= 0.6 is 0 Å². The van der Waals surface area contributed by atoms with E-state index in [2.05, 4.69) is 45.5 Å². The number of likely N-dealkylation sites (tertiary alicyclic amines) is 2. The number of hydrogen-bond donors (Lipinski definition) is 4. The van der Waals surface area contributed by atoms with Crippen LogP contribution in [0.25, 0.3) is 11.1 Å². The summed E-state index contributed by atoms with van der Waals surface area (Å²) < 4.78 is 0. The molecule has 82 heavy (non-hydrogen) atoms. The highest BCUT2D eigenvalue weighted by Gasteiger charge is 2.44. The Balaban J connectivity index is 0.827. The molecule has 4 aliphatic carbocycles. The Labute approximate surface area is 487 Å². The lowest BCUT2D eigenvalue weighted by Gasteiger charge is -2.37. The first-order valence-electron chi connectivity index (χ1n) is 31.5. The number of carbonyl (C=O) groups excluding carboxylic acids is 6. The third kappa shape index (κ3) is 14.9. The SMILES string of the molecule is CN[C@H](C(=O)N[C@H](C(=O)N1CCC[C@@H]1CN(CCc1ccccc1)C(=O)c1ccc(-c2ccc(C(=O)N(CCc3ccccc3)C[C@@H]3CCCN3C(=O)[C@@H](NC(=O)[C@@H](NC)C3CC3)C3CCCCC3)cc2)cc1)C1CCCCC1)C1CC1. The lowest BCUT2D eigenvalue weighted by molar-refractivity contribution is -0.140. The van der Waals surface area contributed by atoms with Gasteiger partial charge in [0.15, 0.2) is 0 Å². The first-order valence-corrected chi connectivity index (χ1v) is 31.5. The average Bonchev–Trinajstić information content (AvgIpc) is 4.57. The maximum Gasteiger partial charge on any atom is 0.253 e. The molecule has 0 unspecified atom stereocenters. The highest BCUT2D eigenvalue weighted by molar-refractivity contribution is 5.96. The fraction of sp³-hybridized carbons (Fsp3) is 0.559. The molecule has 0 spiro atoms. The van der Waals surface area contributed by atoms with Gasteiger partial charge in [0.25, 0.3) is 11.8 Å². The van der Waals surface area contributed by atoms with Gasteiger partial charge in [-0.1, -0.05) is 123 Å². The minimum Gasteiger partial charge on any atom is -0.343 e. The second-order valence-electron chi connectivity index (χ2n) is 24.8. The van der Waals surface area contributed by atoms with Crippen LogP contribution in [0.3, 0.4) is 0 Å². The first kappa shape index (κ1) is 58.8. The monoisotopic (exact) mass is 1110 g/mol. The van der Waals surface area contributed by atoms with Gasteiger partial charge in [-0.15, -0.1) is 0 Å². The number of rotatable bonds is 25. The molecule has 10 rings (SSSR count). The van der Waals surface area contributed by atoms with Gasteiger partial charge in [0.2, 0.25) is 23.6 Å². The van der Waals surface area contributed by atoms with Gasteiger partial charge in [0.1, 0.15) is 12.1 Å². The first-order chi connectivity index (χ1) is 40.1. The third-order valence-electron chi connectivity index (χ3n) is 19.1. The topological polar surface area (TPSA) is 163 Å². The van der Waals surface area contributed by atoms with Gasteiger partial charge in [0.05, 0.1) is 12.1 Å². The largest absolute Gasteiger partial charge is 0.343 e. The van der Waals surface area contributed by atoms with E-state index < -0.39 is 12.1 Å². The molecule has 6 fully saturated rings. The molecule has 2 heterocycles. The molecule has 4 saturated carbocycles. The second-order valence-corrected chi connectivity index (χ2v) is 24.8. The summed E-state index contributed by atoms with van der Waals surface area (Å²) in [6.45, 7) is 2.98. The van der Waals surface area contributed by atoms with E-state index in [0.29, 0.717) is 75.1 Å². The van der Waals surface area contributed by atoms with E-state index in [4.69, 9.17) is 0 Å². The highest BCUT2D eigenvalue weighted by atomic mass is 16.2. The summed E-state index contributed by atoms with van der Waals surface area (Å²) in [6.07, 6.45) is 18.9. The zero-order valence-electron chi connectivity index (χ0n) is 48.8. The predicted octanol–water partition coefficient (Wildman–Crippen LogP) is 8.83. The van der Waals surface area contributed by atoms with Crippen LogP contribution in [0.5, 0.6) is 0 Å². The van der Waals surface area contributed by atoms with Crippen LogP contribution in [0.2, 0.25) is 0 Å². The zero-order chi connectivity index (χ0) is 57.0. The summed E-state index contributed by atoms with van der Waals surface area (Å²) in [4.78, 5) is 94.5. The van der Waals surface area contributed by atoms with Gasteiger partial charge in [-0.25, -0.2) is 0 Å². The van der Waals surface area contributed by atoms with Crippen molar-refractivity contribution in [1.82, 2.24) is 40.9 Å². The van der Waals surface area contributed by atoms with Crippen molar-refractivity contribution in [2.24, 2.45) is 23.7 Å². The van der Waals surface area contributed by atoms with Crippen molar-refractivity contribution in [2.45, 2.75) is 165 Å². The summed E-state index contributed by atoms with van der Waals surface area (Å²) in [5.41, 5.74) is 5.21. The van der Waals surface area contributed by atoms with E-state index in [1.54, 1.807) is 0 Å². The molecule has 6 amide bonds. The Bertz CT molecular complexity index is 2570. The Kier molecular flexibility index (Phi) is 20.3. The molecular formula is C68H90N8O6. The van der Waals surface area contributed by atoms with E-state index in [-0.39, 0.29) is 71.4 Å². The quantitative estimate of drug-likeness (QED) is 0.0512. The van der Waals surface area contributed by atoms with Gasteiger partial charge in [0, 0.05) is 62.5 Å². The number of nitrogens with one attached hydrogen (secondary N) is 4. The summed E-state index contributed by atoms with van der Waals surface area (Å²) in [5, 5.41) is 13.0. The fourth-order valence-electron chi connectivity index (χ4n) is 14.0. The third-order valence-corrected chi connectivity index (χ3v) is 19.1. The molecule has 6 atom stereocenters. The van der Waals surface area contributed by atoms with Crippen LogP contribution in [0.15, 0.2) is 109 Å². The Morgan fingerprint density at radius 3 is 1.12 bits per heavy atom. The van der Waals surface area contributed by atoms with E-state index in [0.717, 1.165) is 138 Å². The molecule has 0 bridgehead atoms. The van der Waals surface area contributed by atoms with E-state index in [1.165, 1.54) is 0 Å². The number of likely N-dealkylation sites (N-methyl/N-ethyl adjacent to an activating group) is 2. The molecule has 4 aromatic carbocycles. The fourth-order valence-corrected chi connectivity index (χ4v) is 14.0. The van der Waals surface area contributed by atoms with Crippen molar-refractivity contribution in [3.05, 3.63) is 131 Å². The molecule has 14 heteroatoms. The number of amides is 6. The highest BCUT2D eigenvalue weighted by Crippen LogP contribution is 2.36. The maximum atomic E-state index is 14.8. The molecule has 438 valence electrons. The lowest BCUT2D eigenvalue weighted by atomic mass is 9.83. The van der Waals surface area contributed by atoms with Crippen LogP contribution in [0.4, 0.5) is 0 Å². The normalized spacial score (nSPS) is 21.0. The minimum atomic E-state index is -0.579. The number of nitrogens with zero attached hydrogens (tertiary/aromatic N) is 4. The summed E-state index contributed by atoms with van der Waals surface area (Å²) in [5.74, 6) is 0.437. The molecule has 14 nitrogen and oxygen atoms in total. The Morgan fingerprint density at radius 1 is 0.427 bits per heavy atom. The van der Waals surface area contributed by atoms with Crippen molar-refractivity contribution in [2.75, 3.05) is 53.4 Å². The molecule has 6 aliphatic rings. The van der Waals surface area contributed by atoms with Crippen LogP contribution in [-0.2, 0) is 32.0 Å². The zero-order valence-corrected chi connectivity index (χ0v) is 48.8. The van der Waals surface area contributed by atoms with Gasteiger partial charge < -0.3 is 40.9 Å². The smallest absolute Gasteiger partial charge is 0.253 e. The van der Waals surface area contributed by atoms with Gasteiger partial charge in [-0.3, -0.25) is 28.8 Å². The Hall–Kier alpha value is -6.38. The van der Waals surface area contributed by atoms with Crippen LogP contribution in [0, 0.1) is 23.7 Å². The van der Waals surface area contributed by atoms with E-state index >= 15 is 0 Å². The maximum absolute atomic E-state index is 14.8. The molecule has 2 aliphatic heterocycles. The molecule has 0 radical (unpaired) electrons.